The lowest BCUT2D eigenvalue weighted by Gasteiger charge is -2.21. The number of phosphoric acid groups is 2. The van der Waals surface area contributed by atoms with Crippen molar-refractivity contribution in [2.75, 3.05) is 39.6 Å². The van der Waals surface area contributed by atoms with E-state index in [1.54, 1.807) is 0 Å². The van der Waals surface area contributed by atoms with Crippen LogP contribution >= 0.6 is 15.6 Å². The predicted molar refractivity (Wildman–Crippen MR) is 555 cm³/mol. The van der Waals surface area contributed by atoms with Gasteiger partial charge in [0.1, 0.15) is 25.4 Å². The Morgan fingerprint density at radius 3 is 0.641 bits per heavy atom. The van der Waals surface area contributed by atoms with E-state index in [0.717, 1.165) is 180 Å². The Balaban J connectivity index is 4.61. The number of rotatable bonds is 99. The van der Waals surface area contributed by atoms with Crippen LogP contribution in [0.1, 0.15) is 445 Å². The van der Waals surface area contributed by atoms with Gasteiger partial charge in [0.2, 0.25) is 0 Å². The van der Waals surface area contributed by atoms with Gasteiger partial charge in [0.15, 0.2) is 6.10 Å². The summed E-state index contributed by atoms with van der Waals surface area (Å²) in [6.07, 6.45) is 139. The molecule has 4 N–H and O–H groups in total. The molecule has 0 aromatic carbocycles. The molecule has 16 nitrogen and oxygen atoms in total. The second kappa shape index (κ2) is 103. The topological polar surface area (TPSA) is 231 Å². The highest BCUT2D eigenvalue weighted by Gasteiger charge is 2.30. The Bertz CT molecular complexity index is 3160. The number of esters is 3. The number of carbonyl (C=O) groups is 3. The molecule has 0 aromatic heterocycles. The molecule has 0 rings (SSSR count). The molecular formula is C113H192O16P2. The Hall–Kier alpha value is -5.61. The molecule has 0 radical (unpaired) electrons. The molecule has 0 saturated heterocycles. The van der Waals surface area contributed by atoms with Crippen LogP contribution in [-0.2, 0) is 55.8 Å². The zero-order valence-electron chi connectivity index (χ0n) is 83.2. The molecule has 0 heterocycles. The van der Waals surface area contributed by atoms with Crippen LogP contribution in [0.2, 0.25) is 0 Å². The van der Waals surface area contributed by atoms with Crippen molar-refractivity contribution in [2.24, 2.45) is 0 Å². The lowest BCUT2D eigenvalue weighted by molar-refractivity contribution is -0.161. The first-order valence-electron chi connectivity index (χ1n) is 52.7. The van der Waals surface area contributed by atoms with Crippen molar-refractivity contribution < 1.29 is 75.8 Å². The quantitative estimate of drug-likeness (QED) is 0.0146. The summed E-state index contributed by atoms with van der Waals surface area (Å²) in [7, 11) is -9.83. The highest BCUT2D eigenvalue weighted by Crippen LogP contribution is 2.45. The number of hydrogen-bond acceptors (Lipinski definition) is 14. The van der Waals surface area contributed by atoms with E-state index in [1.807, 2.05) is 0 Å². The van der Waals surface area contributed by atoms with Gasteiger partial charge in [-0.3, -0.25) is 32.5 Å². The van der Waals surface area contributed by atoms with E-state index in [-0.39, 0.29) is 19.3 Å². The van der Waals surface area contributed by atoms with Crippen molar-refractivity contribution >= 4 is 33.6 Å². The fourth-order valence-electron chi connectivity index (χ4n) is 14.4. The lowest BCUT2D eigenvalue weighted by Crippen LogP contribution is -2.30. The predicted octanol–water partition coefficient (Wildman–Crippen LogP) is 33.7. The summed E-state index contributed by atoms with van der Waals surface area (Å²) < 4.78 is 61.7. The van der Waals surface area contributed by atoms with Crippen molar-refractivity contribution in [1.29, 1.82) is 0 Å². The second-order valence-electron chi connectivity index (χ2n) is 34.9. The third kappa shape index (κ3) is 105. The van der Waals surface area contributed by atoms with Gasteiger partial charge >= 0.3 is 33.6 Å². The molecule has 5 atom stereocenters. The summed E-state index contributed by atoms with van der Waals surface area (Å²) in [5.41, 5.74) is 0. The van der Waals surface area contributed by atoms with Crippen molar-refractivity contribution in [3.8, 4) is 0 Å². The molecule has 131 heavy (non-hydrogen) atoms. The van der Waals surface area contributed by atoms with Gasteiger partial charge in [-0.05, 0) is 167 Å². The number of unbranched alkanes of at least 4 members (excludes halogenated alkanes) is 44. The first kappa shape index (κ1) is 125. The maximum absolute atomic E-state index is 13.1. The first-order valence-corrected chi connectivity index (χ1v) is 55.7. The Morgan fingerprint density at radius 1 is 0.221 bits per heavy atom. The summed E-state index contributed by atoms with van der Waals surface area (Å²) in [6, 6.07) is 0. The average molecular weight is 1870 g/mol. The maximum atomic E-state index is 13.1. The number of carbonyl (C=O) groups excluding carboxylic acids is 3. The molecule has 0 aliphatic rings. The zero-order chi connectivity index (χ0) is 95.0. The van der Waals surface area contributed by atoms with E-state index >= 15 is 0 Å². The minimum absolute atomic E-state index is 0.0930. The molecule has 0 aliphatic carbocycles. The van der Waals surface area contributed by atoms with E-state index in [1.165, 1.54) is 205 Å². The maximum Gasteiger partial charge on any atom is 0.472 e. The van der Waals surface area contributed by atoms with Crippen LogP contribution in [0.5, 0.6) is 0 Å². The fourth-order valence-corrected chi connectivity index (χ4v) is 16.0. The first-order chi connectivity index (χ1) is 64.2. The van der Waals surface area contributed by atoms with Gasteiger partial charge in [-0.2, -0.15) is 0 Å². The van der Waals surface area contributed by atoms with Gasteiger partial charge in [-0.15, -0.1) is 0 Å². The highest BCUT2D eigenvalue weighted by atomic mass is 31.2. The normalized spacial score (nSPS) is 14.4. The van der Waals surface area contributed by atoms with E-state index < -0.39 is 91.5 Å². The number of hydrogen-bond donors (Lipinski definition) is 4. The number of aliphatic hydroxyl groups is 2. The number of aliphatic hydroxyl groups excluding tert-OH is 2. The molecule has 0 aliphatic heterocycles. The molecule has 750 valence electrons. The number of ether oxygens (including phenoxy) is 3. The molecule has 0 spiro atoms. The lowest BCUT2D eigenvalue weighted by atomic mass is 10.0. The van der Waals surface area contributed by atoms with Crippen molar-refractivity contribution in [2.45, 2.75) is 463 Å². The third-order valence-electron chi connectivity index (χ3n) is 22.3. The van der Waals surface area contributed by atoms with Gasteiger partial charge in [-0.25, -0.2) is 9.13 Å². The van der Waals surface area contributed by atoms with Crippen molar-refractivity contribution in [1.82, 2.24) is 0 Å². The van der Waals surface area contributed by atoms with E-state index in [0.29, 0.717) is 19.3 Å². The molecule has 0 fully saturated rings. The summed E-state index contributed by atoms with van der Waals surface area (Å²) >= 11 is 0. The summed E-state index contributed by atoms with van der Waals surface area (Å²) in [5.74, 6) is -1.57. The number of phosphoric ester groups is 2. The smallest absolute Gasteiger partial charge is 0.463 e. The monoisotopic (exact) mass is 1870 g/mol. The highest BCUT2D eigenvalue weighted by molar-refractivity contribution is 7.47. The van der Waals surface area contributed by atoms with Crippen molar-refractivity contribution in [3.63, 3.8) is 0 Å². The minimum Gasteiger partial charge on any atom is -0.463 e. The standard InChI is InChI=1S/C113H192O16P2/c1-4-7-10-13-16-19-22-25-28-31-34-37-40-43-46-49-51-52-53-54-56-59-60-63-66-69-72-75-78-81-84-87-90-93-96-99-111(116)123-102-108(114)103-125-130(119,120)126-104-109(115)105-127-131(121,122)128-107-110(129-113(118)101-98-95-92-89-86-83-80-77-74-71-68-65-62-57-48-45-42-39-36-33-30-27-24-21-18-15-12-9-6-3)106-124-112(117)100-97-94-91-88-85-82-79-76-73-70-67-64-61-58-55-50-47-44-41-38-35-32-29-26-23-20-17-14-11-8-5-2/h8-9,11-12,16-21,25-30,34-39,43-48,55,58,62,65,108-110,114-115H,4-7,10,13-15,22-24,31-33,40-42,49-54,56-57,59-61,63-64,66-107H2,1-3H3,(H,119,120)(H,121,122)/b11-8-,12-9-,19-16-,20-17-,21-18-,28-25-,29-26-,30-27-,37-34-,38-35-,39-36-,46-43-,47-44-,48-45-,58-55-,65-62-. The van der Waals surface area contributed by atoms with Crippen LogP contribution in [0, 0.1) is 0 Å². The largest absolute Gasteiger partial charge is 0.472 e. The fraction of sp³-hybridized carbons (Fsp3) is 0.690. The Morgan fingerprint density at radius 2 is 0.405 bits per heavy atom. The summed E-state index contributed by atoms with van der Waals surface area (Å²) in [6.45, 7) is 2.49. The molecule has 0 amide bonds. The number of allylic oxidation sites excluding steroid dienone is 32. The Labute approximate surface area is 801 Å². The second-order valence-corrected chi connectivity index (χ2v) is 37.8. The molecular weight excluding hydrogens is 1680 g/mol. The van der Waals surface area contributed by atoms with Gasteiger partial charge < -0.3 is 34.2 Å². The summed E-state index contributed by atoms with van der Waals surface area (Å²) in [4.78, 5) is 59.3. The van der Waals surface area contributed by atoms with Crippen LogP contribution in [0.3, 0.4) is 0 Å². The van der Waals surface area contributed by atoms with Gasteiger partial charge in [0.25, 0.3) is 0 Å². The van der Waals surface area contributed by atoms with Crippen LogP contribution < -0.4 is 0 Å². The molecule has 0 saturated carbocycles. The zero-order valence-corrected chi connectivity index (χ0v) is 85.0. The van der Waals surface area contributed by atoms with Gasteiger partial charge in [-0.1, -0.05) is 453 Å². The van der Waals surface area contributed by atoms with Gasteiger partial charge in [0.05, 0.1) is 26.4 Å². The molecule has 18 heteroatoms. The van der Waals surface area contributed by atoms with Crippen LogP contribution in [-0.4, -0.2) is 95.9 Å². The molecule has 5 unspecified atom stereocenters. The molecule has 0 bridgehead atoms. The SMILES string of the molecule is CC/C=C\C/C=C\C/C=C\C/C=C\C/C=C\C/C=C\CCCCCCCCCCCCCCC(=O)OCC(COP(=O)(O)OCC(O)COP(=O)(O)OCC(O)COC(=O)CCCCCCCCCCCCCCCCCCCCC/C=C\C/C=C\C/C=C\C/C=C\CCCCC)OC(=O)CCCCCCCCCCCC/C=C\C/C=C\C/C=C\C/C=C\C/C=C\C/C=C\CC. The van der Waals surface area contributed by atoms with E-state index in [2.05, 4.69) is 215 Å². The van der Waals surface area contributed by atoms with Crippen LogP contribution in [0.15, 0.2) is 194 Å². The average Bonchev–Trinajstić information content (AvgIpc) is 0.891. The molecule has 0 aromatic rings. The van der Waals surface area contributed by atoms with E-state index in [4.69, 9.17) is 32.3 Å². The van der Waals surface area contributed by atoms with Crippen LogP contribution in [0.4, 0.5) is 0 Å². The van der Waals surface area contributed by atoms with Gasteiger partial charge in [0, 0.05) is 19.3 Å². The van der Waals surface area contributed by atoms with E-state index in [9.17, 15) is 43.5 Å². The van der Waals surface area contributed by atoms with Crippen LogP contribution in [0.25, 0.3) is 0 Å². The third-order valence-corrected chi connectivity index (χ3v) is 24.2. The van der Waals surface area contributed by atoms with Crippen molar-refractivity contribution in [3.05, 3.63) is 194 Å². The summed E-state index contributed by atoms with van der Waals surface area (Å²) in [5, 5.41) is 20.8. The minimum atomic E-state index is -4.95. The Kier molecular flexibility index (Phi) is 98.9.